The molecule has 18 heavy (non-hydrogen) atoms. The molecule has 0 amide bonds. The van der Waals surface area contributed by atoms with Gasteiger partial charge in [-0.15, -0.1) is 5.10 Å². The molecular formula is C11H10ClFN4O. The van der Waals surface area contributed by atoms with Crippen LogP contribution in [-0.4, -0.2) is 20.8 Å². The lowest BCUT2D eigenvalue weighted by molar-refractivity contribution is 0.0963. The highest BCUT2D eigenvalue weighted by Gasteiger charge is 2.13. The van der Waals surface area contributed by atoms with E-state index in [1.807, 2.05) is 0 Å². The molecule has 1 aromatic carbocycles. The summed E-state index contributed by atoms with van der Waals surface area (Å²) in [5.74, 6) is -1.05. The smallest absolute Gasteiger partial charge is 0.187 e. The summed E-state index contributed by atoms with van der Waals surface area (Å²) in [5.41, 5.74) is 5.92. The van der Waals surface area contributed by atoms with E-state index >= 15 is 0 Å². The maximum atomic E-state index is 13.5. The molecule has 0 aliphatic heterocycles. The summed E-state index contributed by atoms with van der Waals surface area (Å²) in [4.78, 5) is 11.8. The minimum Gasteiger partial charge on any atom is -0.325 e. The third-order valence-electron chi connectivity index (χ3n) is 2.33. The van der Waals surface area contributed by atoms with Crippen LogP contribution in [-0.2, 0) is 13.1 Å². The topological polar surface area (TPSA) is 73.8 Å². The molecule has 0 fully saturated rings. The van der Waals surface area contributed by atoms with Crippen LogP contribution in [0.15, 0.2) is 24.4 Å². The lowest BCUT2D eigenvalue weighted by Gasteiger charge is -2.02. The SMILES string of the molecule is NCc1cn(CC(=O)c2ccc(Cl)cc2F)nn1. The fourth-order valence-corrected chi connectivity index (χ4v) is 1.62. The number of hydrogen-bond donors (Lipinski definition) is 1. The predicted octanol–water partition coefficient (Wildman–Crippen LogP) is 1.41. The highest BCUT2D eigenvalue weighted by molar-refractivity contribution is 6.30. The van der Waals surface area contributed by atoms with Crippen molar-refractivity contribution in [2.24, 2.45) is 5.73 Å². The fraction of sp³-hybridized carbons (Fsp3) is 0.182. The van der Waals surface area contributed by atoms with Crippen LogP contribution in [0.3, 0.4) is 0 Å². The number of ketones is 1. The van der Waals surface area contributed by atoms with E-state index in [0.29, 0.717) is 5.69 Å². The Hall–Kier alpha value is -1.79. The first kappa shape index (κ1) is 12.7. The van der Waals surface area contributed by atoms with E-state index in [9.17, 15) is 9.18 Å². The zero-order chi connectivity index (χ0) is 13.1. The van der Waals surface area contributed by atoms with Crippen molar-refractivity contribution >= 4 is 17.4 Å². The van der Waals surface area contributed by atoms with Crippen LogP contribution >= 0.6 is 11.6 Å². The maximum absolute atomic E-state index is 13.5. The van der Waals surface area contributed by atoms with E-state index in [2.05, 4.69) is 10.3 Å². The third-order valence-corrected chi connectivity index (χ3v) is 2.57. The van der Waals surface area contributed by atoms with E-state index in [-0.39, 0.29) is 23.7 Å². The molecule has 0 radical (unpaired) electrons. The average molecular weight is 269 g/mol. The summed E-state index contributed by atoms with van der Waals surface area (Å²) >= 11 is 5.61. The Morgan fingerprint density at radius 2 is 2.28 bits per heavy atom. The van der Waals surface area contributed by atoms with Gasteiger partial charge in [0.15, 0.2) is 5.78 Å². The highest BCUT2D eigenvalue weighted by atomic mass is 35.5. The maximum Gasteiger partial charge on any atom is 0.187 e. The number of carbonyl (C=O) groups excluding carboxylic acids is 1. The van der Waals surface area contributed by atoms with E-state index < -0.39 is 11.6 Å². The minimum absolute atomic E-state index is 0.0239. The van der Waals surface area contributed by atoms with Crippen LogP contribution in [0.4, 0.5) is 4.39 Å². The Bertz CT molecular complexity index is 584. The molecule has 0 aliphatic carbocycles. The van der Waals surface area contributed by atoms with Gasteiger partial charge in [-0.25, -0.2) is 9.07 Å². The second kappa shape index (κ2) is 5.24. The summed E-state index contributed by atoms with van der Waals surface area (Å²) in [6, 6.07) is 3.91. The molecule has 2 N–H and O–H groups in total. The molecule has 5 nitrogen and oxygen atoms in total. The average Bonchev–Trinajstić information content (AvgIpc) is 2.76. The first-order valence-electron chi connectivity index (χ1n) is 5.17. The standard InChI is InChI=1S/C11H10ClFN4O/c12-7-1-2-9(10(13)3-7)11(18)6-17-5-8(4-14)15-16-17/h1-3,5H,4,6,14H2. The summed E-state index contributed by atoms with van der Waals surface area (Å²) < 4.78 is 14.8. The van der Waals surface area contributed by atoms with Crippen molar-refractivity contribution in [2.75, 3.05) is 0 Å². The second-order valence-corrected chi connectivity index (χ2v) is 4.10. The molecule has 94 valence electrons. The number of carbonyl (C=O) groups is 1. The van der Waals surface area contributed by atoms with Gasteiger partial charge >= 0.3 is 0 Å². The lowest BCUT2D eigenvalue weighted by Crippen LogP contribution is -2.12. The largest absolute Gasteiger partial charge is 0.325 e. The number of Topliss-reactive ketones (excluding diaryl/α,β-unsaturated/α-hetero) is 1. The molecule has 0 atom stereocenters. The van der Waals surface area contributed by atoms with Crippen molar-refractivity contribution in [1.29, 1.82) is 0 Å². The number of nitrogens with two attached hydrogens (primary N) is 1. The van der Waals surface area contributed by atoms with Gasteiger partial charge in [-0.2, -0.15) is 0 Å². The summed E-state index contributed by atoms with van der Waals surface area (Å²) in [6.45, 7) is 0.148. The molecule has 2 aromatic rings. The van der Waals surface area contributed by atoms with Crippen molar-refractivity contribution in [3.63, 3.8) is 0 Å². The Balaban J connectivity index is 2.16. The number of halogens is 2. The van der Waals surface area contributed by atoms with Gasteiger partial charge in [0.25, 0.3) is 0 Å². The van der Waals surface area contributed by atoms with Crippen LogP contribution in [0.5, 0.6) is 0 Å². The van der Waals surface area contributed by atoms with E-state index in [4.69, 9.17) is 17.3 Å². The van der Waals surface area contributed by atoms with Crippen molar-refractivity contribution in [1.82, 2.24) is 15.0 Å². The number of benzene rings is 1. The van der Waals surface area contributed by atoms with Gasteiger partial charge in [0, 0.05) is 11.6 Å². The van der Waals surface area contributed by atoms with Gasteiger partial charge in [-0.05, 0) is 18.2 Å². The third kappa shape index (κ3) is 2.72. The van der Waals surface area contributed by atoms with Gasteiger partial charge in [-0.3, -0.25) is 4.79 Å². The monoisotopic (exact) mass is 268 g/mol. The number of hydrogen-bond acceptors (Lipinski definition) is 4. The molecule has 0 unspecified atom stereocenters. The minimum atomic E-state index is -0.647. The molecule has 1 aromatic heterocycles. The molecule has 7 heteroatoms. The molecule has 0 aliphatic rings. The first-order chi connectivity index (χ1) is 8.60. The van der Waals surface area contributed by atoms with Crippen LogP contribution < -0.4 is 5.73 Å². The Labute approximate surface area is 107 Å². The Morgan fingerprint density at radius 3 is 2.89 bits per heavy atom. The normalized spacial score (nSPS) is 10.6. The lowest BCUT2D eigenvalue weighted by atomic mass is 10.1. The van der Waals surface area contributed by atoms with Gasteiger partial charge in [-0.1, -0.05) is 16.8 Å². The zero-order valence-electron chi connectivity index (χ0n) is 9.31. The zero-order valence-corrected chi connectivity index (χ0v) is 10.1. The van der Waals surface area contributed by atoms with Gasteiger partial charge in [0.1, 0.15) is 12.4 Å². The fourth-order valence-electron chi connectivity index (χ4n) is 1.46. The van der Waals surface area contributed by atoms with Gasteiger partial charge in [0.2, 0.25) is 0 Å². The van der Waals surface area contributed by atoms with E-state index in [1.54, 1.807) is 6.20 Å². The van der Waals surface area contributed by atoms with Crippen LogP contribution in [0.25, 0.3) is 0 Å². The number of aromatic nitrogens is 3. The van der Waals surface area contributed by atoms with Crippen molar-refractivity contribution in [3.05, 3.63) is 46.5 Å². The highest BCUT2D eigenvalue weighted by Crippen LogP contribution is 2.15. The van der Waals surface area contributed by atoms with Crippen molar-refractivity contribution in [2.45, 2.75) is 13.1 Å². The van der Waals surface area contributed by atoms with Gasteiger partial charge in [0.05, 0.1) is 17.5 Å². The quantitative estimate of drug-likeness (QED) is 0.851. The molecule has 0 spiro atoms. The molecule has 2 rings (SSSR count). The Morgan fingerprint density at radius 1 is 1.50 bits per heavy atom. The van der Waals surface area contributed by atoms with Crippen LogP contribution in [0.1, 0.15) is 16.1 Å². The van der Waals surface area contributed by atoms with Crippen LogP contribution in [0, 0.1) is 5.82 Å². The van der Waals surface area contributed by atoms with Crippen molar-refractivity contribution < 1.29 is 9.18 Å². The predicted molar refractivity (Wildman–Crippen MR) is 63.7 cm³/mol. The molecule has 0 saturated heterocycles. The molecule has 0 saturated carbocycles. The first-order valence-corrected chi connectivity index (χ1v) is 5.55. The van der Waals surface area contributed by atoms with E-state index in [0.717, 1.165) is 6.07 Å². The van der Waals surface area contributed by atoms with E-state index in [1.165, 1.54) is 16.8 Å². The molecule has 1 heterocycles. The summed E-state index contributed by atoms with van der Waals surface area (Å²) in [7, 11) is 0. The summed E-state index contributed by atoms with van der Waals surface area (Å²) in [5, 5.41) is 7.70. The summed E-state index contributed by atoms with van der Waals surface area (Å²) in [6.07, 6.45) is 1.55. The Kier molecular flexibility index (Phi) is 3.69. The van der Waals surface area contributed by atoms with Crippen LogP contribution in [0.2, 0.25) is 5.02 Å². The second-order valence-electron chi connectivity index (χ2n) is 3.66. The molecular weight excluding hydrogens is 259 g/mol. The molecule has 0 bridgehead atoms. The number of rotatable bonds is 4. The van der Waals surface area contributed by atoms with Gasteiger partial charge < -0.3 is 5.73 Å². The number of nitrogens with zero attached hydrogens (tertiary/aromatic N) is 3. The van der Waals surface area contributed by atoms with Crippen molar-refractivity contribution in [3.8, 4) is 0 Å².